The van der Waals surface area contributed by atoms with Gasteiger partial charge in [-0.05, 0) is 74.0 Å². The van der Waals surface area contributed by atoms with Crippen molar-refractivity contribution in [3.8, 4) is 0 Å². The molecule has 126 valence electrons. The topological polar surface area (TPSA) is 17.1 Å². The van der Waals surface area contributed by atoms with Gasteiger partial charge in [0.05, 0.1) is 0 Å². The molecule has 0 radical (unpaired) electrons. The molecule has 0 spiro atoms. The molecule has 0 saturated heterocycles. The number of fused-ring (bicyclic) bond motifs is 2. The van der Waals surface area contributed by atoms with Crippen LogP contribution in [0.4, 0.5) is 0 Å². The zero-order valence-electron chi connectivity index (χ0n) is 15.1. The normalized spacial score (nSPS) is 51.4. The Morgan fingerprint density at radius 3 is 2.74 bits per heavy atom. The highest BCUT2D eigenvalue weighted by Gasteiger charge is 2.65. The molecular formula is C22H32O. The second-order valence-corrected chi connectivity index (χ2v) is 9.40. The van der Waals surface area contributed by atoms with Crippen molar-refractivity contribution in [1.29, 1.82) is 0 Å². The second kappa shape index (κ2) is 5.07. The van der Waals surface area contributed by atoms with Crippen LogP contribution in [0.15, 0.2) is 23.8 Å². The quantitative estimate of drug-likeness (QED) is 0.492. The number of rotatable bonds is 3. The summed E-state index contributed by atoms with van der Waals surface area (Å²) in [4.78, 5) is 12.0. The molecular weight excluding hydrogens is 280 g/mol. The SMILES string of the molecule is C=C1C(C)CC2CC12C(C=O)/C=C1\CCCC2(C)C(C)CCC12. The third-order valence-corrected chi connectivity index (χ3v) is 8.56. The summed E-state index contributed by atoms with van der Waals surface area (Å²) in [5.74, 6) is 3.00. The predicted molar refractivity (Wildman–Crippen MR) is 94.9 cm³/mol. The van der Waals surface area contributed by atoms with Crippen molar-refractivity contribution >= 4 is 6.29 Å². The fourth-order valence-electron chi connectivity index (χ4n) is 6.72. The van der Waals surface area contributed by atoms with E-state index in [0.29, 0.717) is 11.3 Å². The third kappa shape index (κ3) is 2.01. The largest absolute Gasteiger partial charge is 0.303 e. The number of allylic oxidation sites excluding steroid dienone is 3. The molecule has 4 aliphatic carbocycles. The van der Waals surface area contributed by atoms with E-state index < -0.39 is 0 Å². The van der Waals surface area contributed by atoms with Gasteiger partial charge in [0, 0.05) is 11.3 Å². The molecule has 0 aromatic rings. The van der Waals surface area contributed by atoms with Crippen LogP contribution >= 0.6 is 0 Å². The average Bonchev–Trinajstić information content (AvgIpc) is 3.08. The first-order valence-corrected chi connectivity index (χ1v) is 9.78. The van der Waals surface area contributed by atoms with Gasteiger partial charge in [-0.2, -0.15) is 0 Å². The zero-order chi connectivity index (χ0) is 16.4. The Morgan fingerprint density at radius 1 is 1.30 bits per heavy atom. The van der Waals surface area contributed by atoms with Gasteiger partial charge >= 0.3 is 0 Å². The highest BCUT2D eigenvalue weighted by atomic mass is 16.1. The van der Waals surface area contributed by atoms with E-state index >= 15 is 0 Å². The molecule has 1 nitrogen and oxygen atoms in total. The summed E-state index contributed by atoms with van der Waals surface area (Å²) in [6, 6.07) is 0. The van der Waals surface area contributed by atoms with Crippen LogP contribution in [0.25, 0.3) is 0 Å². The van der Waals surface area contributed by atoms with Gasteiger partial charge in [-0.3, -0.25) is 0 Å². The predicted octanol–water partition coefficient (Wildman–Crippen LogP) is 5.57. The molecule has 0 aromatic heterocycles. The van der Waals surface area contributed by atoms with Crippen LogP contribution < -0.4 is 0 Å². The number of carbonyl (C=O) groups is 1. The van der Waals surface area contributed by atoms with Crippen molar-refractivity contribution in [3.63, 3.8) is 0 Å². The van der Waals surface area contributed by atoms with E-state index in [1.54, 1.807) is 5.57 Å². The molecule has 23 heavy (non-hydrogen) atoms. The smallest absolute Gasteiger partial charge is 0.127 e. The lowest BCUT2D eigenvalue weighted by atomic mass is 9.63. The van der Waals surface area contributed by atoms with Crippen LogP contribution in [-0.2, 0) is 4.79 Å². The average molecular weight is 312 g/mol. The van der Waals surface area contributed by atoms with Crippen LogP contribution in [0.3, 0.4) is 0 Å². The molecule has 0 bridgehead atoms. The van der Waals surface area contributed by atoms with E-state index in [9.17, 15) is 4.79 Å². The third-order valence-electron chi connectivity index (χ3n) is 8.56. The Labute approximate surface area is 141 Å². The van der Waals surface area contributed by atoms with E-state index in [4.69, 9.17) is 0 Å². The number of aldehydes is 1. The summed E-state index contributed by atoms with van der Waals surface area (Å²) in [7, 11) is 0. The minimum Gasteiger partial charge on any atom is -0.303 e. The molecule has 7 atom stereocenters. The number of hydrogen-bond acceptors (Lipinski definition) is 1. The van der Waals surface area contributed by atoms with Gasteiger partial charge in [-0.25, -0.2) is 0 Å². The molecule has 7 unspecified atom stereocenters. The molecule has 4 fully saturated rings. The van der Waals surface area contributed by atoms with Gasteiger partial charge in [0.2, 0.25) is 0 Å². The summed E-state index contributed by atoms with van der Waals surface area (Å²) in [5.41, 5.74) is 3.62. The van der Waals surface area contributed by atoms with Crippen LogP contribution in [0.5, 0.6) is 0 Å². The number of hydrogen-bond donors (Lipinski definition) is 0. The van der Waals surface area contributed by atoms with Crippen molar-refractivity contribution in [2.45, 2.75) is 65.7 Å². The van der Waals surface area contributed by atoms with Crippen molar-refractivity contribution in [3.05, 3.63) is 23.8 Å². The van der Waals surface area contributed by atoms with Crippen molar-refractivity contribution in [2.75, 3.05) is 0 Å². The van der Waals surface area contributed by atoms with Gasteiger partial charge < -0.3 is 4.79 Å². The molecule has 0 heterocycles. The highest BCUT2D eigenvalue weighted by molar-refractivity contribution is 5.63. The minimum atomic E-state index is 0.0956. The summed E-state index contributed by atoms with van der Waals surface area (Å²) < 4.78 is 0. The van der Waals surface area contributed by atoms with E-state index in [1.807, 2.05) is 0 Å². The fourth-order valence-corrected chi connectivity index (χ4v) is 6.72. The first-order valence-electron chi connectivity index (χ1n) is 9.78. The molecule has 0 aliphatic heterocycles. The standard InChI is InChI=1S/C22H32O/c1-14-10-18-12-22(18,16(14)3)19(13-23)11-17-6-5-9-21(4)15(2)7-8-20(17)21/h11,13-15,18-20H,3,5-10,12H2,1-2,4H3/b17-11+. The van der Waals surface area contributed by atoms with Gasteiger partial charge in [0.15, 0.2) is 0 Å². The maximum Gasteiger partial charge on any atom is 0.127 e. The Morgan fingerprint density at radius 2 is 2.09 bits per heavy atom. The highest BCUT2D eigenvalue weighted by Crippen LogP contribution is 2.71. The molecule has 4 saturated carbocycles. The maximum absolute atomic E-state index is 12.0. The molecule has 0 aromatic carbocycles. The lowest BCUT2D eigenvalue weighted by Gasteiger charge is -2.42. The van der Waals surface area contributed by atoms with Gasteiger partial charge in [-0.15, -0.1) is 0 Å². The second-order valence-electron chi connectivity index (χ2n) is 9.40. The van der Waals surface area contributed by atoms with Gasteiger partial charge in [0.25, 0.3) is 0 Å². The molecule has 0 amide bonds. The lowest BCUT2D eigenvalue weighted by molar-refractivity contribution is -0.111. The Hall–Kier alpha value is -0.850. The molecule has 4 rings (SSSR count). The van der Waals surface area contributed by atoms with E-state index in [-0.39, 0.29) is 11.3 Å². The molecule has 4 aliphatic rings. The first kappa shape index (κ1) is 15.7. The Balaban J connectivity index is 1.64. The molecule has 0 N–H and O–H groups in total. The minimum absolute atomic E-state index is 0.0956. The Kier molecular flexibility index (Phi) is 3.45. The van der Waals surface area contributed by atoms with Gasteiger partial charge in [-0.1, -0.05) is 44.6 Å². The summed E-state index contributed by atoms with van der Waals surface area (Å²) in [6.07, 6.45) is 12.7. The van der Waals surface area contributed by atoms with Crippen LogP contribution in [0, 0.1) is 40.4 Å². The lowest BCUT2D eigenvalue weighted by Crippen LogP contribution is -2.32. The summed E-state index contributed by atoms with van der Waals surface area (Å²) >= 11 is 0. The van der Waals surface area contributed by atoms with Crippen molar-refractivity contribution in [1.82, 2.24) is 0 Å². The summed E-state index contributed by atoms with van der Waals surface area (Å²) in [5, 5.41) is 0. The fraction of sp³-hybridized carbons (Fsp3) is 0.773. The monoisotopic (exact) mass is 312 g/mol. The van der Waals surface area contributed by atoms with Crippen LogP contribution in [-0.4, -0.2) is 6.29 Å². The van der Waals surface area contributed by atoms with Crippen molar-refractivity contribution < 1.29 is 4.79 Å². The van der Waals surface area contributed by atoms with E-state index in [1.165, 1.54) is 56.8 Å². The van der Waals surface area contributed by atoms with Crippen LogP contribution in [0.1, 0.15) is 65.7 Å². The van der Waals surface area contributed by atoms with Gasteiger partial charge in [0.1, 0.15) is 6.29 Å². The van der Waals surface area contributed by atoms with E-state index in [0.717, 1.165) is 17.8 Å². The Bertz CT molecular complexity index is 573. The van der Waals surface area contributed by atoms with Crippen LogP contribution in [0.2, 0.25) is 0 Å². The summed E-state index contributed by atoms with van der Waals surface area (Å²) in [6.45, 7) is 11.6. The van der Waals surface area contributed by atoms with Crippen molar-refractivity contribution in [2.24, 2.45) is 40.4 Å². The van der Waals surface area contributed by atoms with E-state index in [2.05, 4.69) is 33.4 Å². The maximum atomic E-state index is 12.0. The first-order chi connectivity index (χ1) is 10.9. The number of carbonyl (C=O) groups excluding carboxylic acids is 1. The zero-order valence-corrected chi connectivity index (χ0v) is 15.1. The molecule has 1 heteroatoms.